The van der Waals surface area contributed by atoms with Gasteiger partial charge < -0.3 is 40.0 Å². The number of carbonyl (C=O) groups excluding carboxylic acids is 2. The highest BCUT2D eigenvalue weighted by atomic mass is 31.2. The van der Waals surface area contributed by atoms with Crippen molar-refractivity contribution in [3.8, 4) is 11.8 Å². The van der Waals surface area contributed by atoms with E-state index in [0.717, 1.165) is 11.0 Å². The molecule has 2 unspecified atom stereocenters. The number of rotatable bonds is 17. The number of aromatic nitrogens is 3. The van der Waals surface area contributed by atoms with Crippen LogP contribution in [0.4, 0.5) is 10.6 Å². The molecule has 1 amide bonds. The first-order valence-electron chi connectivity index (χ1n) is 19.1. The molecule has 0 radical (unpaired) electrons. The van der Waals surface area contributed by atoms with Gasteiger partial charge in [-0.3, -0.25) is 9.32 Å². The molecule has 5 N–H and O–H groups in total. The minimum Gasteiger partial charge on any atom is -0.480 e. The quantitative estimate of drug-likeness (QED) is 0.0769. The van der Waals surface area contributed by atoms with Crippen LogP contribution in [0.5, 0.6) is 5.75 Å². The average Bonchev–Trinajstić information content (AvgIpc) is 3.76. The maximum atomic E-state index is 15.2. The van der Waals surface area contributed by atoms with Crippen molar-refractivity contribution < 1.29 is 52.4 Å². The van der Waals surface area contributed by atoms with E-state index in [1.807, 2.05) is 19.9 Å². The van der Waals surface area contributed by atoms with Crippen LogP contribution in [0.1, 0.15) is 71.7 Å². The summed E-state index contributed by atoms with van der Waals surface area (Å²) in [4.78, 5) is 43.8. The highest BCUT2D eigenvalue weighted by Crippen LogP contribution is 2.55. The van der Waals surface area contributed by atoms with Gasteiger partial charge in [-0.2, -0.15) is 15.0 Å². The van der Waals surface area contributed by atoms with Gasteiger partial charge in [-0.1, -0.05) is 75.2 Å². The molecular formula is C40H50N7O11P. The Morgan fingerprint density at radius 2 is 1.73 bits per heavy atom. The molecule has 1 saturated heterocycles. The Kier molecular flexibility index (Phi) is 14.0. The Balaban J connectivity index is 1.59. The second-order valence-corrected chi connectivity index (χ2v) is 16.9. The number of aliphatic hydroxyl groups excluding tert-OH is 1. The molecule has 18 nitrogen and oxygen atoms in total. The van der Waals surface area contributed by atoms with Crippen molar-refractivity contribution in [3.63, 3.8) is 0 Å². The molecule has 0 bridgehead atoms. The van der Waals surface area contributed by atoms with E-state index < -0.39 is 74.0 Å². The number of amides is 1. The van der Waals surface area contributed by atoms with E-state index in [2.05, 4.69) is 15.4 Å². The van der Waals surface area contributed by atoms with Gasteiger partial charge in [0.05, 0.1) is 12.3 Å². The third-order valence-electron chi connectivity index (χ3n) is 9.83. The maximum absolute atomic E-state index is 15.2. The number of fused-ring (bicyclic) bond motifs is 1. The molecule has 0 spiro atoms. The number of ether oxygens (including phenoxy) is 3. The van der Waals surface area contributed by atoms with E-state index in [-0.39, 0.29) is 35.2 Å². The van der Waals surface area contributed by atoms with E-state index in [4.69, 9.17) is 29.0 Å². The van der Waals surface area contributed by atoms with Gasteiger partial charge in [0.2, 0.25) is 5.60 Å². The first-order chi connectivity index (χ1) is 28.0. The molecule has 19 heteroatoms. The van der Waals surface area contributed by atoms with Gasteiger partial charge in [-0.15, -0.1) is 0 Å². The number of nitrogens with zero attached hydrogens (tertiary/aromatic N) is 5. The SMILES string of the molecule is CCC(CC)CN(C(C)C(=O)O)[P@](=O)(OC[C@H]1O[C@@](C#N)(c2ccc3c(N)ncnn23)[C@H](O)[C@@H]1OC(=O)C(NC(=O)OC(C)(C)C)c1ccccc1)Oc1ccccc1. The fourth-order valence-corrected chi connectivity index (χ4v) is 8.55. The normalized spacial score (nSPS) is 21.3. The molecule has 1 aliphatic heterocycles. The smallest absolute Gasteiger partial charge is 0.462 e. The van der Waals surface area contributed by atoms with Crippen LogP contribution < -0.4 is 15.6 Å². The predicted octanol–water partition coefficient (Wildman–Crippen LogP) is 5.38. The van der Waals surface area contributed by atoms with E-state index in [1.54, 1.807) is 69.3 Å². The number of carboxylic acid groups (broad SMARTS) is 1. The lowest BCUT2D eigenvalue weighted by Crippen LogP contribution is -2.46. The fourth-order valence-electron chi connectivity index (χ4n) is 6.57. The zero-order valence-electron chi connectivity index (χ0n) is 33.6. The highest BCUT2D eigenvalue weighted by Gasteiger charge is 2.60. The Hall–Kier alpha value is -5.57. The summed E-state index contributed by atoms with van der Waals surface area (Å²) in [6.45, 7) is 9.34. The van der Waals surface area contributed by atoms with Crippen LogP contribution in [0.3, 0.4) is 0 Å². The number of nitriles is 1. The number of para-hydroxylation sites is 1. The topological polar surface area (TPSA) is 250 Å². The Labute approximate surface area is 341 Å². The van der Waals surface area contributed by atoms with Crippen molar-refractivity contribution in [2.45, 2.75) is 96.0 Å². The number of alkyl carbamates (subject to hydrolysis) is 1. The highest BCUT2D eigenvalue weighted by molar-refractivity contribution is 7.51. The summed E-state index contributed by atoms with van der Waals surface area (Å²) in [6.07, 6.45) is -3.90. The number of nitrogen functional groups attached to an aromatic ring is 1. The number of aliphatic carboxylic acids is 1. The number of nitrogens with two attached hydrogens (primary N) is 1. The van der Waals surface area contributed by atoms with Crippen LogP contribution in [0.2, 0.25) is 0 Å². The number of hydrogen-bond donors (Lipinski definition) is 4. The molecule has 2 aromatic heterocycles. The number of esters is 1. The summed E-state index contributed by atoms with van der Waals surface area (Å²) < 4.78 is 47.5. The lowest BCUT2D eigenvalue weighted by atomic mass is 9.92. The lowest BCUT2D eigenvalue weighted by Gasteiger charge is -2.35. The number of anilines is 1. The summed E-state index contributed by atoms with van der Waals surface area (Å²) >= 11 is 0. The third kappa shape index (κ3) is 10.0. The molecule has 316 valence electrons. The van der Waals surface area contributed by atoms with Gasteiger partial charge in [0, 0.05) is 6.54 Å². The van der Waals surface area contributed by atoms with Gasteiger partial charge in [-0.05, 0) is 63.4 Å². The first kappa shape index (κ1) is 44.5. The van der Waals surface area contributed by atoms with E-state index >= 15 is 4.57 Å². The summed E-state index contributed by atoms with van der Waals surface area (Å²) in [5.41, 5.74) is 3.36. The van der Waals surface area contributed by atoms with Crippen molar-refractivity contribution in [1.29, 1.82) is 5.26 Å². The van der Waals surface area contributed by atoms with Crippen LogP contribution in [-0.4, -0.2) is 90.6 Å². The van der Waals surface area contributed by atoms with Gasteiger partial charge in [0.25, 0.3) is 0 Å². The third-order valence-corrected chi connectivity index (χ3v) is 11.9. The molecular weight excluding hydrogens is 785 g/mol. The average molecular weight is 836 g/mol. The van der Waals surface area contributed by atoms with Crippen LogP contribution in [0.15, 0.2) is 79.1 Å². The van der Waals surface area contributed by atoms with Crippen LogP contribution in [-0.2, 0) is 38.5 Å². The minimum atomic E-state index is -4.68. The number of carbonyl (C=O) groups is 3. The second-order valence-electron chi connectivity index (χ2n) is 15.0. The van der Waals surface area contributed by atoms with Gasteiger partial charge >= 0.3 is 25.8 Å². The lowest BCUT2D eigenvalue weighted by molar-refractivity contribution is -0.159. The second kappa shape index (κ2) is 18.6. The number of hydrogen-bond acceptors (Lipinski definition) is 14. The molecule has 59 heavy (non-hydrogen) atoms. The summed E-state index contributed by atoms with van der Waals surface area (Å²) in [5.74, 6) is -2.36. The monoisotopic (exact) mass is 835 g/mol. The Morgan fingerprint density at radius 3 is 2.32 bits per heavy atom. The van der Waals surface area contributed by atoms with E-state index in [9.17, 15) is 29.9 Å². The van der Waals surface area contributed by atoms with Crippen molar-refractivity contribution in [1.82, 2.24) is 24.6 Å². The zero-order valence-corrected chi connectivity index (χ0v) is 34.5. The van der Waals surface area contributed by atoms with E-state index in [1.165, 1.54) is 35.7 Å². The van der Waals surface area contributed by atoms with Crippen molar-refractivity contribution in [2.24, 2.45) is 5.92 Å². The number of nitrogens with one attached hydrogen (secondary N) is 1. The Bertz CT molecular complexity index is 2180. The largest absolute Gasteiger partial charge is 0.480 e. The predicted molar refractivity (Wildman–Crippen MR) is 213 cm³/mol. The van der Waals surface area contributed by atoms with Crippen molar-refractivity contribution in [3.05, 3.63) is 90.4 Å². The summed E-state index contributed by atoms with van der Waals surface area (Å²) in [5, 5.41) is 39.9. The Morgan fingerprint density at radius 1 is 1.08 bits per heavy atom. The van der Waals surface area contributed by atoms with E-state index in [0.29, 0.717) is 18.4 Å². The van der Waals surface area contributed by atoms with Crippen LogP contribution >= 0.6 is 7.75 Å². The first-order valence-corrected chi connectivity index (χ1v) is 20.6. The van der Waals surface area contributed by atoms with Crippen LogP contribution in [0.25, 0.3) is 5.52 Å². The maximum Gasteiger partial charge on any atom is 0.462 e. The molecule has 4 aromatic rings. The molecule has 3 heterocycles. The number of benzene rings is 2. The number of carboxylic acids is 1. The van der Waals surface area contributed by atoms with Gasteiger partial charge in [0.1, 0.15) is 47.5 Å². The fraction of sp³-hybridized carbons (Fsp3) is 0.450. The summed E-state index contributed by atoms with van der Waals surface area (Å²) in [6, 6.07) is 18.2. The molecule has 0 saturated carbocycles. The number of aliphatic hydroxyl groups is 1. The molecule has 0 aliphatic carbocycles. The van der Waals surface area contributed by atoms with Crippen LogP contribution in [0, 0.1) is 17.2 Å². The van der Waals surface area contributed by atoms with Gasteiger partial charge in [-0.25, -0.2) is 23.7 Å². The zero-order chi connectivity index (χ0) is 43.1. The summed E-state index contributed by atoms with van der Waals surface area (Å²) in [7, 11) is -4.68. The van der Waals surface area contributed by atoms with Gasteiger partial charge in [0.15, 0.2) is 18.0 Å². The minimum absolute atomic E-state index is 0.00830. The van der Waals surface area contributed by atoms with Crippen molar-refractivity contribution >= 4 is 37.1 Å². The molecule has 1 fully saturated rings. The molecule has 1 aliphatic rings. The molecule has 2 aromatic carbocycles. The molecule has 7 atom stereocenters. The standard InChI is InChI=1S/C40H50N7O11P/c1-7-26(8-2)21-46(25(3)36(49)50)59(53,58-28-17-13-10-14-18-28)54-22-30-33(34(48)40(23-41,56-30)31-20-19-29-35(42)43-24-44-47(29)31)55-37(51)32(27-15-11-9-12-16-27)45-38(52)57-39(4,5)6/h9-20,24-26,30,32-34,48H,7-8,21-22H2,1-6H3,(H,45,52)(H,49,50)(H2,42,43,44)/t25?,30-,32?,33-,34-,40+,59+/m1/s1. The van der Waals surface area contributed by atoms with Crippen molar-refractivity contribution in [2.75, 3.05) is 18.9 Å². The molecule has 5 rings (SSSR count).